The number of hydrogen-bond donors (Lipinski definition) is 1. The quantitative estimate of drug-likeness (QED) is 0.682. The summed E-state index contributed by atoms with van der Waals surface area (Å²) in [5, 5.41) is 12.3. The predicted molar refractivity (Wildman–Crippen MR) is 115 cm³/mol. The Morgan fingerprint density at radius 3 is 2.63 bits per heavy atom. The molecule has 1 aliphatic rings. The van der Waals surface area contributed by atoms with E-state index >= 15 is 0 Å². The van der Waals surface area contributed by atoms with Crippen LogP contribution < -0.4 is 0 Å². The zero-order valence-corrected chi connectivity index (χ0v) is 17.4. The van der Waals surface area contributed by atoms with Crippen LogP contribution in [0.5, 0.6) is 5.75 Å². The molecule has 0 aliphatic carbocycles. The first-order chi connectivity index (χ1) is 14.6. The van der Waals surface area contributed by atoms with Crippen molar-refractivity contribution >= 4 is 28.6 Å². The number of aromatic nitrogens is 2. The molecule has 0 unspecified atom stereocenters. The summed E-state index contributed by atoms with van der Waals surface area (Å²) in [5.74, 6) is 0.0958. The summed E-state index contributed by atoms with van der Waals surface area (Å²) in [4.78, 5) is 24.8. The van der Waals surface area contributed by atoms with Crippen molar-refractivity contribution in [3.05, 3.63) is 65.1 Å². The Bertz CT molecular complexity index is 1040. The largest absolute Gasteiger partial charge is 0.505 e. The van der Waals surface area contributed by atoms with E-state index < -0.39 is 0 Å². The number of hydrogen-bond acceptors (Lipinski definition) is 6. The second kappa shape index (κ2) is 8.85. The van der Waals surface area contributed by atoms with Gasteiger partial charge in [-0.15, -0.1) is 0 Å². The van der Waals surface area contributed by atoms with E-state index in [-0.39, 0.29) is 17.9 Å². The van der Waals surface area contributed by atoms with Crippen LogP contribution in [0.3, 0.4) is 0 Å². The third kappa shape index (κ3) is 3.91. The van der Waals surface area contributed by atoms with Crippen LogP contribution in [0, 0.1) is 0 Å². The van der Waals surface area contributed by atoms with E-state index in [2.05, 4.69) is 14.9 Å². The van der Waals surface area contributed by atoms with Gasteiger partial charge in [-0.05, 0) is 37.3 Å². The van der Waals surface area contributed by atoms with Crippen molar-refractivity contribution in [2.75, 3.05) is 32.8 Å². The van der Waals surface area contributed by atoms with E-state index in [9.17, 15) is 9.90 Å². The second-order valence-electron chi connectivity index (χ2n) is 7.07. The fraction of sp³-hybridized carbons (Fsp3) is 0.318. The molecule has 1 saturated heterocycles. The van der Waals surface area contributed by atoms with Crippen molar-refractivity contribution < 1.29 is 14.6 Å². The maximum Gasteiger partial charge on any atom is 0.409 e. The van der Waals surface area contributed by atoms with E-state index in [1.165, 1.54) is 0 Å². The van der Waals surface area contributed by atoms with Crippen molar-refractivity contribution in [2.45, 2.75) is 13.0 Å². The lowest BCUT2D eigenvalue weighted by Gasteiger charge is -2.39. The highest BCUT2D eigenvalue weighted by atomic mass is 35.5. The summed E-state index contributed by atoms with van der Waals surface area (Å²) in [7, 11) is 0. The number of phenols is 1. The Hall–Kier alpha value is -2.90. The monoisotopic (exact) mass is 426 g/mol. The first kappa shape index (κ1) is 20.4. The fourth-order valence-electron chi connectivity index (χ4n) is 3.87. The van der Waals surface area contributed by atoms with E-state index in [1.54, 1.807) is 36.4 Å². The van der Waals surface area contributed by atoms with Gasteiger partial charge in [0.25, 0.3) is 0 Å². The zero-order chi connectivity index (χ0) is 21.1. The number of fused-ring (bicyclic) bond motifs is 1. The van der Waals surface area contributed by atoms with Gasteiger partial charge >= 0.3 is 6.09 Å². The van der Waals surface area contributed by atoms with Crippen molar-refractivity contribution in [3.63, 3.8) is 0 Å². The van der Waals surface area contributed by atoms with Gasteiger partial charge in [-0.2, -0.15) is 0 Å². The molecule has 2 aromatic heterocycles. The van der Waals surface area contributed by atoms with E-state index in [4.69, 9.17) is 16.3 Å². The van der Waals surface area contributed by atoms with Crippen LogP contribution in [-0.4, -0.2) is 63.8 Å². The highest BCUT2D eigenvalue weighted by Gasteiger charge is 2.32. The Balaban J connectivity index is 1.72. The minimum absolute atomic E-state index is 0.0958. The topological polar surface area (TPSA) is 78.8 Å². The zero-order valence-electron chi connectivity index (χ0n) is 16.7. The Morgan fingerprint density at radius 2 is 1.93 bits per heavy atom. The predicted octanol–water partition coefficient (Wildman–Crippen LogP) is 3.85. The lowest BCUT2D eigenvalue weighted by Crippen LogP contribution is -2.50. The van der Waals surface area contributed by atoms with E-state index in [1.807, 2.05) is 24.3 Å². The maximum absolute atomic E-state index is 12.1. The van der Waals surface area contributed by atoms with Crippen LogP contribution in [0.25, 0.3) is 10.9 Å². The summed E-state index contributed by atoms with van der Waals surface area (Å²) in [6, 6.07) is 10.8. The molecule has 1 aliphatic heterocycles. The molecule has 0 saturated carbocycles. The fourth-order valence-corrected chi connectivity index (χ4v) is 4.14. The number of pyridine rings is 2. The van der Waals surface area contributed by atoms with Crippen LogP contribution in [0.15, 0.2) is 48.8 Å². The molecule has 0 bridgehead atoms. The number of carbonyl (C=O) groups excluding carboxylic acids is 1. The highest BCUT2D eigenvalue weighted by Crippen LogP contribution is 2.40. The number of rotatable bonds is 4. The number of benzene rings is 1. The SMILES string of the molecule is CCOC(=O)N1CCN([C@@H](c2ccccn2)c2cc(Cl)c3cccnc3c2O)CC1. The van der Waals surface area contributed by atoms with Crippen LogP contribution in [0.2, 0.25) is 5.02 Å². The normalized spacial score (nSPS) is 15.9. The molecule has 0 spiro atoms. The number of nitrogens with zero attached hydrogens (tertiary/aromatic N) is 4. The first-order valence-corrected chi connectivity index (χ1v) is 10.3. The lowest BCUT2D eigenvalue weighted by atomic mass is 9.97. The van der Waals surface area contributed by atoms with Gasteiger partial charge in [-0.1, -0.05) is 17.7 Å². The van der Waals surface area contributed by atoms with Gasteiger partial charge in [-0.3, -0.25) is 14.9 Å². The lowest BCUT2D eigenvalue weighted by molar-refractivity contribution is 0.0707. The van der Waals surface area contributed by atoms with Crippen molar-refractivity contribution in [2.24, 2.45) is 0 Å². The van der Waals surface area contributed by atoms with E-state index in [0.29, 0.717) is 54.3 Å². The molecule has 1 N–H and O–H groups in total. The molecule has 0 radical (unpaired) electrons. The van der Waals surface area contributed by atoms with Gasteiger partial charge < -0.3 is 14.7 Å². The molecule has 8 heteroatoms. The summed E-state index contributed by atoms with van der Waals surface area (Å²) < 4.78 is 5.12. The number of amides is 1. The minimum Gasteiger partial charge on any atom is -0.505 e. The smallest absolute Gasteiger partial charge is 0.409 e. The van der Waals surface area contributed by atoms with Gasteiger partial charge in [0, 0.05) is 49.5 Å². The van der Waals surface area contributed by atoms with Crippen LogP contribution >= 0.6 is 11.6 Å². The van der Waals surface area contributed by atoms with Gasteiger partial charge in [0.05, 0.1) is 23.4 Å². The average Bonchev–Trinajstić information content (AvgIpc) is 2.79. The summed E-state index contributed by atoms with van der Waals surface area (Å²) in [6.07, 6.45) is 3.07. The minimum atomic E-state index is -0.320. The number of carbonyl (C=O) groups is 1. The molecule has 156 valence electrons. The Kier molecular flexibility index (Phi) is 6.01. The Morgan fingerprint density at radius 1 is 1.17 bits per heavy atom. The van der Waals surface area contributed by atoms with Gasteiger partial charge in [0.1, 0.15) is 11.3 Å². The summed E-state index contributed by atoms with van der Waals surface area (Å²) in [6.45, 7) is 4.43. The number of aromatic hydroxyl groups is 1. The van der Waals surface area contributed by atoms with Gasteiger partial charge in [0.2, 0.25) is 0 Å². The Labute approximate surface area is 179 Å². The standard InChI is InChI=1S/C22H23ClN4O3/c1-2-30-22(29)27-12-10-26(11-13-27)20(18-7-3-4-8-24-18)16-14-17(23)15-6-5-9-25-19(15)21(16)28/h3-9,14,20,28H,2,10-13H2,1H3/t20-/m1/s1. The third-order valence-electron chi connectivity index (χ3n) is 5.31. The average molecular weight is 427 g/mol. The van der Waals surface area contributed by atoms with Gasteiger partial charge in [0.15, 0.2) is 0 Å². The van der Waals surface area contributed by atoms with Crippen LogP contribution in [0.1, 0.15) is 24.2 Å². The van der Waals surface area contributed by atoms with Gasteiger partial charge in [-0.25, -0.2) is 4.79 Å². The molecule has 3 aromatic rings. The molecule has 3 heterocycles. The molecule has 1 amide bonds. The van der Waals surface area contributed by atoms with Crippen molar-refractivity contribution in [1.82, 2.24) is 19.8 Å². The molecule has 30 heavy (non-hydrogen) atoms. The molecule has 7 nitrogen and oxygen atoms in total. The molecular formula is C22H23ClN4O3. The van der Waals surface area contributed by atoms with Crippen LogP contribution in [-0.2, 0) is 4.74 Å². The second-order valence-corrected chi connectivity index (χ2v) is 7.48. The van der Waals surface area contributed by atoms with Crippen LogP contribution in [0.4, 0.5) is 4.79 Å². The molecule has 1 fully saturated rings. The molecule has 1 aromatic carbocycles. The maximum atomic E-state index is 12.1. The number of phenolic OH excluding ortho intramolecular Hbond substituents is 1. The molecule has 1 atom stereocenters. The summed E-state index contributed by atoms with van der Waals surface area (Å²) in [5.41, 5.74) is 1.91. The van der Waals surface area contributed by atoms with Crippen molar-refractivity contribution in [1.29, 1.82) is 0 Å². The third-order valence-corrected chi connectivity index (χ3v) is 5.63. The van der Waals surface area contributed by atoms with Crippen molar-refractivity contribution in [3.8, 4) is 5.75 Å². The molecular weight excluding hydrogens is 404 g/mol. The number of halogens is 1. The number of ether oxygens (including phenoxy) is 1. The molecule has 4 rings (SSSR count). The highest BCUT2D eigenvalue weighted by molar-refractivity contribution is 6.35. The number of piperazine rings is 1. The first-order valence-electron chi connectivity index (χ1n) is 9.93. The summed E-state index contributed by atoms with van der Waals surface area (Å²) >= 11 is 6.54. The van der Waals surface area contributed by atoms with E-state index in [0.717, 1.165) is 5.69 Å².